The molecule has 3 aromatic heterocycles. The van der Waals surface area contributed by atoms with Gasteiger partial charge < -0.3 is 10.6 Å². The van der Waals surface area contributed by atoms with Crippen molar-refractivity contribution in [3.05, 3.63) is 75.3 Å². The maximum absolute atomic E-state index is 13.6. The minimum absolute atomic E-state index is 0.0118. The number of hydrogen-bond acceptors (Lipinski definition) is 6. The van der Waals surface area contributed by atoms with Crippen molar-refractivity contribution in [1.29, 1.82) is 0 Å². The summed E-state index contributed by atoms with van der Waals surface area (Å²) in [5.74, 6) is 0.110. The van der Waals surface area contributed by atoms with Crippen LogP contribution < -0.4 is 16.2 Å². The Bertz CT molecular complexity index is 1640. The van der Waals surface area contributed by atoms with Crippen LogP contribution in [0.25, 0.3) is 21.6 Å². The number of fused-ring (bicyclic) bond motifs is 2. The lowest BCUT2D eigenvalue weighted by Crippen LogP contribution is -2.30. The van der Waals surface area contributed by atoms with Crippen molar-refractivity contribution in [3.63, 3.8) is 0 Å². The predicted molar refractivity (Wildman–Crippen MR) is 137 cm³/mol. The minimum Gasteiger partial charge on any atom is -0.324 e. The Morgan fingerprint density at radius 2 is 1.92 bits per heavy atom. The highest BCUT2D eigenvalue weighted by Gasteiger charge is 2.33. The van der Waals surface area contributed by atoms with Crippen molar-refractivity contribution in [2.45, 2.75) is 51.9 Å². The molecule has 4 aromatic rings. The van der Waals surface area contributed by atoms with E-state index in [0.29, 0.717) is 10.4 Å². The van der Waals surface area contributed by atoms with Crippen LogP contribution in [0.3, 0.4) is 0 Å². The monoisotopic (exact) mass is 522 g/mol. The first-order valence-corrected chi connectivity index (χ1v) is 12.0. The molecule has 9 nitrogen and oxygen atoms in total. The summed E-state index contributed by atoms with van der Waals surface area (Å²) in [7, 11) is 0. The van der Waals surface area contributed by atoms with Crippen molar-refractivity contribution in [2.24, 2.45) is 0 Å². The zero-order valence-corrected chi connectivity index (χ0v) is 21.0. The number of halogens is 3. The zero-order chi connectivity index (χ0) is 27.2. The highest BCUT2D eigenvalue weighted by molar-refractivity contribution is 5.79. The molecule has 0 radical (unpaired) electrons. The molecule has 0 saturated carbocycles. The van der Waals surface area contributed by atoms with E-state index in [0.717, 1.165) is 29.9 Å². The molecule has 0 bridgehead atoms. The van der Waals surface area contributed by atoms with Gasteiger partial charge in [0, 0.05) is 35.7 Å². The first-order valence-electron chi connectivity index (χ1n) is 12.0. The van der Waals surface area contributed by atoms with Crippen molar-refractivity contribution < 1.29 is 13.2 Å². The maximum atomic E-state index is 13.6. The van der Waals surface area contributed by atoms with Crippen LogP contribution in [0.1, 0.15) is 37.6 Å². The van der Waals surface area contributed by atoms with Crippen LogP contribution in [-0.2, 0) is 24.9 Å². The molecule has 2 N–H and O–H groups in total. The van der Waals surface area contributed by atoms with E-state index in [2.05, 4.69) is 30.4 Å². The van der Waals surface area contributed by atoms with Crippen molar-refractivity contribution in [3.8, 4) is 5.69 Å². The molecular weight excluding hydrogens is 497 g/mol. The second-order valence-corrected chi connectivity index (χ2v) is 10.2. The van der Waals surface area contributed by atoms with Crippen molar-refractivity contribution in [2.75, 3.05) is 11.9 Å². The summed E-state index contributed by atoms with van der Waals surface area (Å²) in [5, 5.41) is 6.32. The summed E-state index contributed by atoms with van der Waals surface area (Å²) in [6, 6.07) is 7.38. The molecule has 1 aromatic carbocycles. The zero-order valence-electron chi connectivity index (χ0n) is 21.0. The summed E-state index contributed by atoms with van der Waals surface area (Å²) < 4.78 is 42.4. The molecule has 0 fully saturated rings. The lowest BCUT2D eigenvalue weighted by molar-refractivity contribution is -0.144. The number of rotatable bonds is 4. The summed E-state index contributed by atoms with van der Waals surface area (Å²) in [6.45, 7) is 13.4. The lowest BCUT2D eigenvalue weighted by atomic mass is 9.91. The van der Waals surface area contributed by atoms with Gasteiger partial charge in [-0.15, -0.1) is 0 Å². The van der Waals surface area contributed by atoms with Gasteiger partial charge in [-0.05, 0) is 42.3 Å². The fraction of sp³-hybridized carbons (Fsp3) is 0.346. The van der Waals surface area contributed by atoms with E-state index in [1.807, 2.05) is 39.0 Å². The van der Waals surface area contributed by atoms with Crippen LogP contribution in [0.15, 0.2) is 41.5 Å². The van der Waals surface area contributed by atoms with Crippen LogP contribution in [0, 0.1) is 6.57 Å². The van der Waals surface area contributed by atoms with Gasteiger partial charge in [0.25, 0.3) is 5.56 Å². The van der Waals surface area contributed by atoms with Gasteiger partial charge in [-0.1, -0.05) is 26.8 Å². The van der Waals surface area contributed by atoms with Gasteiger partial charge in [0.1, 0.15) is 11.9 Å². The maximum Gasteiger partial charge on any atom is 0.408 e. The molecule has 0 unspecified atom stereocenters. The van der Waals surface area contributed by atoms with Gasteiger partial charge in [-0.25, -0.2) is 19.2 Å². The van der Waals surface area contributed by atoms with Crippen molar-refractivity contribution in [1.82, 2.24) is 29.6 Å². The number of nitrogens with zero attached hydrogens (tertiary/aromatic N) is 6. The Kier molecular flexibility index (Phi) is 6.19. The minimum atomic E-state index is -4.69. The Balaban J connectivity index is 1.70. The fourth-order valence-electron chi connectivity index (χ4n) is 4.43. The van der Waals surface area contributed by atoms with Crippen LogP contribution in [0.2, 0.25) is 0 Å². The highest BCUT2D eigenvalue weighted by atomic mass is 19.4. The molecule has 1 aliphatic rings. The van der Waals surface area contributed by atoms with Gasteiger partial charge in [0.2, 0.25) is 11.6 Å². The van der Waals surface area contributed by atoms with Crippen LogP contribution in [0.4, 0.5) is 30.5 Å². The second-order valence-electron chi connectivity index (χ2n) is 10.2. The smallest absolute Gasteiger partial charge is 0.324 e. The number of anilines is 2. The van der Waals surface area contributed by atoms with Crippen LogP contribution in [-0.4, -0.2) is 37.0 Å². The number of alkyl halides is 3. The Morgan fingerprint density at radius 3 is 2.63 bits per heavy atom. The molecule has 38 heavy (non-hydrogen) atoms. The molecule has 0 aliphatic carbocycles. The number of hydrogen-bond donors (Lipinski definition) is 2. The normalized spacial score (nSPS) is 13.8. The van der Waals surface area contributed by atoms with Gasteiger partial charge >= 0.3 is 6.18 Å². The van der Waals surface area contributed by atoms with E-state index in [4.69, 9.17) is 6.57 Å². The molecular formula is C26H25F3N8O. The highest BCUT2D eigenvalue weighted by Crippen LogP contribution is 2.31. The van der Waals surface area contributed by atoms with Crippen LogP contribution in [0.5, 0.6) is 0 Å². The standard InChI is InChI=1S/C26H25F3N8O/c1-25(2,3)21-10-20(19(30-4)13-32-21)37-22-18(23(38)36(37)14-26(27,28)29)12-33-24(35-22)34-17-6-5-16-11-31-8-7-15(16)9-17/h5-6,9-10,12-13,31H,7-8,11,14H2,1-3H3,(H,33,34,35). The van der Waals surface area contributed by atoms with Gasteiger partial charge in [-0.3, -0.25) is 9.78 Å². The summed E-state index contributed by atoms with van der Waals surface area (Å²) in [4.78, 5) is 29.6. The second kappa shape index (κ2) is 9.25. The van der Waals surface area contributed by atoms with Gasteiger partial charge in [0.05, 0.1) is 12.3 Å². The predicted octanol–water partition coefficient (Wildman–Crippen LogP) is 4.78. The Morgan fingerprint density at radius 1 is 1.13 bits per heavy atom. The van der Waals surface area contributed by atoms with E-state index < -0.39 is 23.7 Å². The van der Waals surface area contributed by atoms with Gasteiger partial charge in [-0.2, -0.15) is 18.2 Å². The number of nitrogens with one attached hydrogen (secondary N) is 2. The Hall–Kier alpha value is -4.24. The third-order valence-electron chi connectivity index (χ3n) is 6.33. The van der Waals surface area contributed by atoms with E-state index in [1.165, 1.54) is 29.6 Å². The van der Waals surface area contributed by atoms with E-state index in [9.17, 15) is 18.0 Å². The average molecular weight is 523 g/mol. The largest absolute Gasteiger partial charge is 0.408 e. The number of pyridine rings is 1. The third-order valence-corrected chi connectivity index (χ3v) is 6.33. The molecule has 0 atom stereocenters. The summed E-state index contributed by atoms with van der Waals surface area (Å²) in [5.41, 5.74) is 2.29. The first kappa shape index (κ1) is 25.4. The molecule has 0 spiro atoms. The van der Waals surface area contributed by atoms with E-state index in [-0.39, 0.29) is 28.4 Å². The molecule has 1 aliphatic heterocycles. The SMILES string of the molecule is [C-]#[N+]c1cnc(C(C)(C)C)cc1-n1c2nc(Nc3ccc4c(c3)CCNC4)ncc2c(=O)n1CC(F)(F)F. The Labute approximate surface area is 216 Å². The fourth-order valence-corrected chi connectivity index (χ4v) is 4.43. The molecule has 196 valence electrons. The molecule has 4 heterocycles. The van der Waals surface area contributed by atoms with Crippen LogP contribution >= 0.6 is 0 Å². The molecule has 12 heteroatoms. The quantitative estimate of drug-likeness (QED) is 0.375. The average Bonchev–Trinajstić information content (AvgIpc) is 3.12. The van der Waals surface area contributed by atoms with E-state index in [1.54, 1.807) is 0 Å². The summed E-state index contributed by atoms with van der Waals surface area (Å²) in [6.07, 6.45) is -1.32. The molecule has 0 amide bonds. The van der Waals surface area contributed by atoms with Gasteiger partial charge in [0.15, 0.2) is 5.65 Å². The number of aromatic nitrogens is 5. The molecule has 0 saturated heterocycles. The topological polar surface area (TPSA) is 94.0 Å². The van der Waals surface area contributed by atoms with Crippen molar-refractivity contribution >= 4 is 28.4 Å². The first-order chi connectivity index (χ1) is 17.9. The number of benzene rings is 1. The third kappa shape index (κ3) is 4.84. The molecule has 5 rings (SSSR count). The lowest BCUT2D eigenvalue weighted by Gasteiger charge is -2.21. The summed E-state index contributed by atoms with van der Waals surface area (Å²) >= 11 is 0. The van der Waals surface area contributed by atoms with E-state index >= 15 is 0 Å².